The molecular formula is C13H16N4OS2. The number of thioether (sulfide) groups is 1. The normalized spacial score (nSPS) is 16.2. The topological polar surface area (TPSA) is 80.9 Å². The van der Waals surface area contributed by atoms with Gasteiger partial charge in [0.15, 0.2) is 5.16 Å². The van der Waals surface area contributed by atoms with E-state index in [4.69, 9.17) is 5.73 Å². The molecule has 20 heavy (non-hydrogen) atoms. The summed E-state index contributed by atoms with van der Waals surface area (Å²) in [6, 6.07) is 2.18. The average molecular weight is 308 g/mol. The molecule has 0 aromatic carbocycles. The third-order valence-electron chi connectivity index (χ3n) is 3.38. The Morgan fingerprint density at radius 3 is 3.15 bits per heavy atom. The van der Waals surface area contributed by atoms with Gasteiger partial charge in [0, 0.05) is 6.04 Å². The van der Waals surface area contributed by atoms with Crippen molar-refractivity contribution >= 4 is 45.0 Å². The van der Waals surface area contributed by atoms with E-state index < -0.39 is 0 Å². The molecule has 0 bridgehead atoms. The van der Waals surface area contributed by atoms with E-state index in [1.807, 2.05) is 11.4 Å². The highest BCUT2D eigenvalue weighted by molar-refractivity contribution is 7.99. The van der Waals surface area contributed by atoms with Gasteiger partial charge in [-0.25, -0.2) is 9.97 Å². The van der Waals surface area contributed by atoms with E-state index in [9.17, 15) is 4.79 Å². The zero-order valence-corrected chi connectivity index (χ0v) is 12.8. The minimum atomic E-state index is 0.0304. The lowest BCUT2D eigenvalue weighted by Crippen LogP contribution is -2.35. The predicted molar refractivity (Wildman–Crippen MR) is 82.9 cm³/mol. The number of amides is 1. The number of nitrogens with zero attached hydrogens (tertiary/aromatic N) is 2. The van der Waals surface area contributed by atoms with Crippen LogP contribution in [-0.4, -0.2) is 27.7 Å². The number of carbonyl (C=O) groups excluding carboxylic acids is 1. The van der Waals surface area contributed by atoms with E-state index in [1.54, 1.807) is 0 Å². The number of rotatable bonds is 5. The fraction of sp³-hybridized carbons (Fsp3) is 0.462. The largest absolute Gasteiger partial charge is 0.383 e. The van der Waals surface area contributed by atoms with Crippen LogP contribution in [0.3, 0.4) is 0 Å². The molecular weight excluding hydrogens is 292 g/mol. The summed E-state index contributed by atoms with van der Waals surface area (Å²) >= 11 is 2.86. The molecule has 1 fully saturated rings. The number of thiophene rings is 1. The van der Waals surface area contributed by atoms with E-state index in [1.165, 1.54) is 35.9 Å². The van der Waals surface area contributed by atoms with E-state index in [0.29, 0.717) is 22.6 Å². The second-order valence-corrected chi connectivity index (χ2v) is 6.85. The van der Waals surface area contributed by atoms with Crippen molar-refractivity contribution in [1.82, 2.24) is 15.3 Å². The second kappa shape index (κ2) is 5.57. The lowest BCUT2D eigenvalue weighted by Gasteiger charge is -2.12. The van der Waals surface area contributed by atoms with Gasteiger partial charge in [-0.05, 0) is 37.1 Å². The van der Waals surface area contributed by atoms with Crippen molar-refractivity contribution in [2.75, 3.05) is 11.5 Å². The smallest absolute Gasteiger partial charge is 0.230 e. The number of anilines is 1. The second-order valence-electron chi connectivity index (χ2n) is 5.01. The van der Waals surface area contributed by atoms with Crippen LogP contribution in [0.1, 0.15) is 19.8 Å². The number of nitrogens with one attached hydrogen (secondary N) is 1. The van der Waals surface area contributed by atoms with E-state index in [0.717, 1.165) is 10.2 Å². The van der Waals surface area contributed by atoms with E-state index >= 15 is 0 Å². The Bertz CT molecular complexity index is 638. The quantitative estimate of drug-likeness (QED) is 0.654. The molecule has 3 rings (SSSR count). The summed E-state index contributed by atoms with van der Waals surface area (Å²) in [4.78, 5) is 21.3. The Hall–Kier alpha value is -1.34. The van der Waals surface area contributed by atoms with Crippen LogP contribution in [0.5, 0.6) is 0 Å². The third kappa shape index (κ3) is 3.04. The van der Waals surface area contributed by atoms with Gasteiger partial charge in [-0.15, -0.1) is 11.3 Å². The Balaban J connectivity index is 1.59. The number of aromatic nitrogens is 2. The maximum Gasteiger partial charge on any atom is 0.230 e. The van der Waals surface area contributed by atoms with Gasteiger partial charge >= 0.3 is 0 Å². The monoisotopic (exact) mass is 308 g/mol. The molecule has 7 heteroatoms. The SMILES string of the molecule is C[C@@H](NC(=O)CSc1nc(N)c2ccsc2n1)C1CC1. The maximum atomic E-state index is 11.8. The Kier molecular flexibility index (Phi) is 3.80. The third-order valence-corrected chi connectivity index (χ3v) is 5.04. The molecule has 0 unspecified atom stereocenters. The van der Waals surface area contributed by atoms with Gasteiger partial charge < -0.3 is 11.1 Å². The molecule has 2 aromatic rings. The number of fused-ring (bicyclic) bond motifs is 1. The summed E-state index contributed by atoms with van der Waals surface area (Å²) in [7, 11) is 0. The summed E-state index contributed by atoms with van der Waals surface area (Å²) in [5.74, 6) is 1.50. The fourth-order valence-electron chi connectivity index (χ4n) is 2.06. The van der Waals surface area contributed by atoms with Crippen LogP contribution >= 0.6 is 23.1 Å². The lowest BCUT2D eigenvalue weighted by molar-refractivity contribution is -0.119. The first-order valence-electron chi connectivity index (χ1n) is 6.56. The molecule has 0 saturated heterocycles. The minimum absolute atomic E-state index is 0.0304. The van der Waals surface area contributed by atoms with Crippen LogP contribution < -0.4 is 11.1 Å². The van der Waals surface area contributed by atoms with Gasteiger partial charge in [0.1, 0.15) is 10.6 Å². The zero-order valence-electron chi connectivity index (χ0n) is 11.1. The van der Waals surface area contributed by atoms with Crippen molar-refractivity contribution in [2.45, 2.75) is 31.0 Å². The van der Waals surface area contributed by atoms with Crippen LogP contribution in [0.4, 0.5) is 5.82 Å². The van der Waals surface area contributed by atoms with Crippen molar-refractivity contribution in [2.24, 2.45) is 5.92 Å². The number of nitrogen functional groups attached to an aromatic ring is 1. The Labute approximate surface area is 125 Å². The van der Waals surface area contributed by atoms with Crippen LogP contribution in [0, 0.1) is 5.92 Å². The molecule has 2 heterocycles. The van der Waals surface area contributed by atoms with E-state index in [-0.39, 0.29) is 11.9 Å². The molecule has 5 nitrogen and oxygen atoms in total. The number of hydrogen-bond donors (Lipinski definition) is 2. The first-order valence-corrected chi connectivity index (χ1v) is 8.43. The molecule has 1 saturated carbocycles. The number of nitrogens with two attached hydrogens (primary N) is 1. The minimum Gasteiger partial charge on any atom is -0.383 e. The molecule has 1 amide bonds. The Morgan fingerprint density at radius 2 is 2.40 bits per heavy atom. The van der Waals surface area contributed by atoms with Crippen molar-refractivity contribution in [3.05, 3.63) is 11.4 Å². The average Bonchev–Trinajstić information content (AvgIpc) is 3.15. The van der Waals surface area contributed by atoms with Crippen molar-refractivity contribution in [1.29, 1.82) is 0 Å². The molecule has 0 aliphatic heterocycles. The number of hydrogen-bond acceptors (Lipinski definition) is 6. The maximum absolute atomic E-state index is 11.8. The van der Waals surface area contributed by atoms with Gasteiger partial charge in [-0.1, -0.05) is 11.8 Å². The fourth-order valence-corrected chi connectivity index (χ4v) is 3.55. The highest BCUT2D eigenvalue weighted by atomic mass is 32.2. The first kappa shape index (κ1) is 13.6. The molecule has 3 N–H and O–H groups in total. The van der Waals surface area contributed by atoms with Gasteiger partial charge in [0.2, 0.25) is 5.91 Å². The Morgan fingerprint density at radius 1 is 1.60 bits per heavy atom. The van der Waals surface area contributed by atoms with Gasteiger partial charge in [-0.2, -0.15) is 0 Å². The summed E-state index contributed by atoms with van der Waals surface area (Å²) in [5.41, 5.74) is 5.88. The highest BCUT2D eigenvalue weighted by Crippen LogP contribution is 2.32. The highest BCUT2D eigenvalue weighted by Gasteiger charge is 2.28. The van der Waals surface area contributed by atoms with Gasteiger partial charge in [0.05, 0.1) is 11.1 Å². The number of carbonyl (C=O) groups is 1. The van der Waals surface area contributed by atoms with Crippen LogP contribution in [0.15, 0.2) is 16.6 Å². The van der Waals surface area contributed by atoms with Crippen molar-refractivity contribution < 1.29 is 4.79 Å². The molecule has 1 aliphatic carbocycles. The van der Waals surface area contributed by atoms with E-state index in [2.05, 4.69) is 22.2 Å². The van der Waals surface area contributed by atoms with Crippen molar-refractivity contribution in [3.63, 3.8) is 0 Å². The molecule has 2 aromatic heterocycles. The molecule has 0 spiro atoms. The molecule has 1 atom stereocenters. The molecule has 0 radical (unpaired) electrons. The van der Waals surface area contributed by atoms with Crippen LogP contribution in [-0.2, 0) is 4.79 Å². The summed E-state index contributed by atoms with van der Waals surface area (Å²) in [6.45, 7) is 2.06. The van der Waals surface area contributed by atoms with Crippen molar-refractivity contribution in [3.8, 4) is 0 Å². The summed E-state index contributed by atoms with van der Waals surface area (Å²) in [5, 5.41) is 6.40. The molecule has 106 valence electrons. The van der Waals surface area contributed by atoms with Gasteiger partial charge in [0.25, 0.3) is 0 Å². The zero-order chi connectivity index (χ0) is 14.1. The lowest BCUT2D eigenvalue weighted by atomic mass is 10.2. The summed E-state index contributed by atoms with van der Waals surface area (Å²) < 4.78 is 0. The van der Waals surface area contributed by atoms with Crippen LogP contribution in [0.25, 0.3) is 10.2 Å². The molecule has 1 aliphatic rings. The predicted octanol–water partition coefficient (Wildman–Crippen LogP) is 2.28. The first-order chi connectivity index (χ1) is 9.63. The van der Waals surface area contributed by atoms with Crippen LogP contribution in [0.2, 0.25) is 0 Å². The summed E-state index contributed by atoms with van der Waals surface area (Å²) in [6.07, 6.45) is 2.45. The van der Waals surface area contributed by atoms with Gasteiger partial charge in [-0.3, -0.25) is 4.79 Å². The standard InChI is InChI=1S/C13H16N4OS2/c1-7(8-2-3-8)15-10(18)6-20-13-16-11(14)9-4-5-19-12(9)17-13/h4-5,7-8H,2-3,6H2,1H3,(H,15,18)(H2,14,16,17)/t7-/m1/s1.